The van der Waals surface area contributed by atoms with Crippen LogP contribution in [0.2, 0.25) is 0 Å². The molecule has 1 heterocycles. The third-order valence-electron chi connectivity index (χ3n) is 2.44. The van der Waals surface area contributed by atoms with Gasteiger partial charge >= 0.3 is 0 Å². The van der Waals surface area contributed by atoms with Gasteiger partial charge in [0.05, 0.1) is 12.8 Å². The second kappa shape index (κ2) is 5.99. The first-order chi connectivity index (χ1) is 9.66. The molecule has 0 atom stereocenters. The lowest BCUT2D eigenvalue weighted by Gasteiger charge is -2.10. The first-order valence-electron chi connectivity index (χ1n) is 5.59. The zero-order valence-electron chi connectivity index (χ0n) is 10.6. The molecule has 1 aromatic heterocycles. The van der Waals surface area contributed by atoms with Crippen LogP contribution in [-0.2, 0) is 0 Å². The molecule has 0 aliphatic heterocycles. The number of rotatable bonds is 5. The Morgan fingerprint density at radius 3 is 2.25 bits per heavy atom. The average molecular weight is 279 g/mol. The number of methoxy groups -OCH3 is 1. The standard InChI is InChI=1S/C11H14FN7O/c1-20-6-2-3-8(7(12)4-6)15-11-16-9(18-13)5-10(17-11)19-14/h2-5H,13-14H2,1H3,(H3,15,16,17,18,19). The largest absolute Gasteiger partial charge is 0.497 e. The van der Waals surface area contributed by atoms with Gasteiger partial charge in [0.2, 0.25) is 5.95 Å². The number of hydrazine groups is 2. The van der Waals surface area contributed by atoms with Gasteiger partial charge in [-0.05, 0) is 12.1 Å². The van der Waals surface area contributed by atoms with E-state index >= 15 is 0 Å². The molecule has 2 aromatic rings. The van der Waals surface area contributed by atoms with Crippen molar-refractivity contribution in [3.63, 3.8) is 0 Å². The van der Waals surface area contributed by atoms with Crippen LogP contribution in [0.4, 0.5) is 27.7 Å². The van der Waals surface area contributed by atoms with E-state index in [-0.39, 0.29) is 11.6 Å². The van der Waals surface area contributed by atoms with E-state index in [0.29, 0.717) is 17.4 Å². The Morgan fingerprint density at radius 2 is 1.75 bits per heavy atom. The van der Waals surface area contributed by atoms with Crippen LogP contribution >= 0.6 is 0 Å². The van der Waals surface area contributed by atoms with Gasteiger partial charge in [0.1, 0.15) is 23.2 Å². The van der Waals surface area contributed by atoms with Crippen molar-refractivity contribution in [2.24, 2.45) is 11.7 Å². The molecule has 0 spiro atoms. The average Bonchev–Trinajstić information content (AvgIpc) is 2.48. The van der Waals surface area contributed by atoms with E-state index in [1.807, 2.05) is 0 Å². The molecule has 2 rings (SSSR count). The molecule has 0 unspecified atom stereocenters. The molecule has 0 bridgehead atoms. The molecule has 7 N–H and O–H groups in total. The number of nitrogens with zero attached hydrogens (tertiary/aromatic N) is 2. The summed E-state index contributed by atoms with van der Waals surface area (Å²) in [5.41, 5.74) is 4.92. The third-order valence-corrected chi connectivity index (χ3v) is 2.44. The Balaban J connectivity index is 2.29. The predicted octanol–water partition coefficient (Wildman–Crippen LogP) is 0.939. The SMILES string of the molecule is COc1ccc(Nc2nc(NN)cc(NN)n2)c(F)c1. The van der Waals surface area contributed by atoms with Crippen LogP contribution in [0, 0.1) is 5.82 Å². The van der Waals surface area contributed by atoms with Gasteiger partial charge in [0.15, 0.2) is 0 Å². The maximum Gasteiger partial charge on any atom is 0.231 e. The highest BCUT2D eigenvalue weighted by Crippen LogP contribution is 2.23. The monoisotopic (exact) mass is 279 g/mol. The molecule has 0 aliphatic rings. The molecular formula is C11H14FN7O. The summed E-state index contributed by atoms with van der Waals surface area (Å²) in [6.07, 6.45) is 0. The fraction of sp³-hybridized carbons (Fsp3) is 0.0909. The summed E-state index contributed by atoms with van der Waals surface area (Å²) in [4.78, 5) is 8.05. The fourth-order valence-corrected chi connectivity index (χ4v) is 1.50. The highest BCUT2D eigenvalue weighted by atomic mass is 19.1. The number of halogens is 1. The molecule has 0 saturated carbocycles. The van der Waals surface area contributed by atoms with Crippen molar-refractivity contribution in [1.29, 1.82) is 0 Å². The summed E-state index contributed by atoms with van der Waals surface area (Å²) >= 11 is 0. The zero-order valence-corrected chi connectivity index (χ0v) is 10.6. The summed E-state index contributed by atoms with van der Waals surface area (Å²) in [6.45, 7) is 0. The minimum absolute atomic E-state index is 0.137. The van der Waals surface area contributed by atoms with Crippen molar-refractivity contribution in [1.82, 2.24) is 9.97 Å². The summed E-state index contributed by atoms with van der Waals surface area (Å²) in [5, 5.41) is 2.73. The number of hydrogen-bond acceptors (Lipinski definition) is 8. The summed E-state index contributed by atoms with van der Waals surface area (Å²) in [5.74, 6) is 11.2. The van der Waals surface area contributed by atoms with Gasteiger partial charge in [-0.25, -0.2) is 16.1 Å². The van der Waals surface area contributed by atoms with Crippen LogP contribution in [0.1, 0.15) is 0 Å². The molecule has 106 valence electrons. The van der Waals surface area contributed by atoms with Crippen LogP contribution in [0.15, 0.2) is 24.3 Å². The van der Waals surface area contributed by atoms with Gasteiger partial charge in [0.25, 0.3) is 0 Å². The minimum Gasteiger partial charge on any atom is -0.497 e. The molecular weight excluding hydrogens is 265 g/mol. The molecule has 1 aromatic carbocycles. The van der Waals surface area contributed by atoms with Gasteiger partial charge in [0, 0.05) is 12.1 Å². The maximum absolute atomic E-state index is 13.8. The van der Waals surface area contributed by atoms with E-state index < -0.39 is 5.82 Å². The van der Waals surface area contributed by atoms with Crippen molar-refractivity contribution in [3.05, 3.63) is 30.1 Å². The fourth-order valence-electron chi connectivity index (χ4n) is 1.50. The number of nitrogen functional groups attached to an aromatic ring is 2. The van der Waals surface area contributed by atoms with Gasteiger partial charge in [-0.1, -0.05) is 0 Å². The number of ether oxygens (including phenoxy) is 1. The molecule has 0 amide bonds. The number of aromatic nitrogens is 2. The zero-order chi connectivity index (χ0) is 14.5. The Hall–Kier alpha value is -2.65. The highest BCUT2D eigenvalue weighted by Gasteiger charge is 2.08. The number of anilines is 4. The van der Waals surface area contributed by atoms with Gasteiger partial charge < -0.3 is 20.9 Å². The van der Waals surface area contributed by atoms with E-state index in [4.69, 9.17) is 16.4 Å². The Morgan fingerprint density at radius 1 is 1.10 bits per heavy atom. The van der Waals surface area contributed by atoms with Crippen LogP contribution in [0.25, 0.3) is 0 Å². The van der Waals surface area contributed by atoms with Crippen molar-refractivity contribution in [3.8, 4) is 5.75 Å². The van der Waals surface area contributed by atoms with Crippen LogP contribution < -0.4 is 32.6 Å². The molecule has 20 heavy (non-hydrogen) atoms. The molecule has 8 nitrogen and oxygen atoms in total. The molecule has 0 aliphatic carbocycles. The number of nitrogens with two attached hydrogens (primary N) is 2. The number of nitrogens with one attached hydrogen (secondary N) is 3. The summed E-state index contributed by atoms with van der Waals surface area (Å²) in [7, 11) is 1.46. The van der Waals surface area contributed by atoms with Crippen molar-refractivity contribution >= 4 is 23.3 Å². The van der Waals surface area contributed by atoms with Crippen LogP contribution in [0.3, 0.4) is 0 Å². The van der Waals surface area contributed by atoms with Gasteiger partial charge in [-0.2, -0.15) is 9.97 Å². The number of hydrogen-bond donors (Lipinski definition) is 5. The van der Waals surface area contributed by atoms with E-state index in [9.17, 15) is 4.39 Å². The van der Waals surface area contributed by atoms with Crippen molar-refractivity contribution in [2.75, 3.05) is 23.3 Å². The van der Waals surface area contributed by atoms with Crippen molar-refractivity contribution < 1.29 is 9.13 Å². The number of benzene rings is 1. The quantitative estimate of drug-likeness (QED) is 0.405. The molecule has 9 heteroatoms. The smallest absolute Gasteiger partial charge is 0.231 e. The molecule has 0 radical (unpaired) electrons. The lowest BCUT2D eigenvalue weighted by Crippen LogP contribution is -2.14. The normalized spacial score (nSPS) is 10.0. The highest BCUT2D eigenvalue weighted by molar-refractivity contribution is 5.59. The predicted molar refractivity (Wildman–Crippen MR) is 73.9 cm³/mol. The Labute approximate surface area is 114 Å². The molecule has 0 saturated heterocycles. The second-order valence-corrected chi connectivity index (χ2v) is 3.72. The van der Waals surface area contributed by atoms with E-state index in [1.54, 1.807) is 6.07 Å². The second-order valence-electron chi connectivity index (χ2n) is 3.72. The first-order valence-corrected chi connectivity index (χ1v) is 5.59. The van der Waals surface area contributed by atoms with Crippen LogP contribution in [0.5, 0.6) is 5.75 Å². The maximum atomic E-state index is 13.8. The van der Waals surface area contributed by atoms with Crippen LogP contribution in [-0.4, -0.2) is 17.1 Å². The lowest BCUT2D eigenvalue weighted by atomic mass is 10.3. The summed E-state index contributed by atoms with van der Waals surface area (Å²) in [6, 6.07) is 5.86. The van der Waals surface area contributed by atoms with E-state index in [1.165, 1.54) is 25.3 Å². The van der Waals surface area contributed by atoms with E-state index in [2.05, 4.69) is 26.1 Å². The van der Waals surface area contributed by atoms with Crippen molar-refractivity contribution in [2.45, 2.75) is 0 Å². The first kappa shape index (κ1) is 13.8. The topological polar surface area (TPSA) is 123 Å². The minimum atomic E-state index is -0.499. The van der Waals surface area contributed by atoms with Gasteiger partial charge in [-0.3, -0.25) is 0 Å². The lowest BCUT2D eigenvalue weighted by molar-refractivity contribution is 0.411. The van der Waals surface area contributed by atoms with Gasteiger partial charge in [-0.15, -0.1) is 0 Å². The summed E-state index contributed by atoms with van der Waals surface area (Å²) < 4.78 is 18.7. The van der Waals surface area contributed by atoms with E-state index in [0.717, 1.165) is 0 Å². The molecule has 0 fully saturated rings. The Bertz CT molecular complexity index is 585. The Kier molecular flexibility index (Phi) is 4.13. The third kappa shape index (κ3) is 3.02.